The molecule has 1 aliphatic rings. The fraction of sp³-hybridized carbons (Fsp3) is 0.714. The van der Waals surface area contributed by atoms with Gasteiger partial charge in [0, 0.05) is 13.0 Å². The van der Waals surface area contributed by atoms with Gasteiger partial charge in [0.2, 0.25) is 0 Å². The van der Waals surface area contributed by atoms with Crippen molar-refractivity contribution in [2.24, 2.45) is 5.41 Å². The summed E-state index contributed by atoms with van der Waals surface area (Å²) in [6, 6.07) is 0. The first-order valence-electron chi connectivity index (χ1n) is 7.00. The summed E-state index contributed by atoms with van der Waals surface area (Å²) in [7, 11) is 1.35. The Morgan fingerprint density at radius 2 is 2.16 bits per heavy atom. The molecule has 5 heteroatoms. The number of hydrogen-bond acceptors (Lipinski definition) is 4. The van der Waals surface area contributed by atoms with Gasteiger partial charge in [0.25, 0.3) is 0 Å². The number of nitrogens with zero attached hydrogens (tertiary/aromatic N) is 2. The molecule has 0 aliphatic heterocycles. The Morgan fingerprint density at radius 3 is 2.58 bits per heavy atom. The molecule has 106 valence electrons. The third-order valence-electron chi connectivity index (χ3n) is 4.44. The summed E-state index contributed by atoms with van der Waals surface area (Å²) >= 11 is 0. The molecule has 0 bridgehead atoms. The number of carbonyl (C=O) groups is 1. The highest BCUT2D eigenvalue weighted by Gasteiger charge is 2.37. The second-order valence-electron chi connectivity index (χ2n) is 5.40. The SMILES string of the molecule is CCc1nc(C(=O)OC)c(N)n1CC1(CC)CCC1. The van der Waals surface area contributed by atoms with Crippen LogP contribution in [0.1, 0.15) is 55.8 Å². The summed E-state index contributed by atoms with van der Waals surface area (Å²) in [5, 5.41) is 0. The van der Waals surface area contributed by atoms with E-state index in [9.17, 15) is 4.79 Å². The zero-order chi connectivity index (χ0) is 14.0. The van der Waals surface area contributed by atoms with Crippen molar-refractivity contribution in [1.82, 2.24) is 9.55 Å². The molecule has 0 saturated heterocycles. The van der Waals surface area contributed by atoms with Crippen LogP contribution in [0.5, 0.6) is 0 Å². The van der Waals surface area contributed by atoms with E-state index in [1.54, 1.807) is 0 Å². The third kappa shape index (κ3) is 2.33. The first kappa shape index (κ1) is 13.9. The highest BCUT2D eigenvalue weighted by atomic mass is 16.5. The van der Waals surface area contributed by atoms with Crippen molar-refractivity contribution >= 4 is 11.8 Å². The van der Waals surface area contributed by atoms with Crippen LogP contribution in [0.2, 0.25) is 0 Å². The Bertz CT molecular complexity index is 470. The van der Waals surface area contributed by atoms with Gasteiger partial charge >= 0.3 is 5.97 Å². The van der Waals surface area contributed by atoms with Gasteiger partial charge in [0.1, 0.15) is 11.6 Å². The molecule has 0 atom stereocenters. The lowest BCUT2D eigenvalue weighted by molar-refractivity contribution is 0.0595. The maximum atomic E-state index is 11.7. The molecule has 0 amide bonds. The van der Waals surface area contributed by atoms with Crippen molar-refractivity contribution in [2.45, 2.75) is 52.5 Å². The summed E-state index contributed by atoms with van der Waals surface area (Å²) in [5.74, 6) is 0.867. The van der Waals surface area contributed by atoms with Crippen molar-refractivity contribution in [2.75, 3.05) is 12.8 Å². The predicted molar refractivity (Wildman–Crippen MR) is 73.9 cm³/mol. The molecule has 1 aromatic rings. The predicted octanol–water partition coefficient (Wildman–Crippen LogP) is 2.39. The van der Waals surface area contributed by atoms with E-state index in [1.807, 2.05) is 11.5 Å². The first-order chi connectivity index (χ1) is 9.06. The van der Waals surface area contributed by atoms with E-state index >= 15 is 0 Å². The number of ether oxygens (including phenoxy) is 1. The van der Waals surface area contributed by atoms with Crippen molar-refractivity contribution < 1.29 is 9.53 Å². The summed E-state index contributed by atoms with van der Waals surface area (Å²) in [4.78, 5) is 16.0. The molecule has 2 rings (SSSR count). The molecule has 1 saturated carbocycles. The molecule has 2 N–H and O–H groups in total. The van der Waals surface area contributed by atoms with Gasteiger partial charge in [-0.2, -0.15) is 0 Å². The average Bonchev–Trinajstić information content (AvgIpc) is 2.69. The molecule has 0 aromatic carbocycles. The minimum atomic E-state index is -0.454. The van der Waals surface area contributed by atoms with Gasteiger partial charge in [0.15, 0.2) is 5.69 Å². The van der Waals surface area contributed by atoms with Gasteiger partial charge in [-0.3, -0.25) is 0 Å². The number of methoxy groups -OCH3 is 1. The lowest BCUT2D eigenvalue weighted by Gasteiger charge is -2.42. The summed E-state index contributed by atoms with van der Waals surface area (Å²) in [6.07, 6.45) is 5.66. The van der Waals surface area contributed by atoms with Crippen LogP contribution >= 0.6 is 0 Å². The number of carbonyl (C=O) groups excluding carboxylic acids is 1. The number of nitrogens with two attached hydrogens (primary N) is 1. The second kappa shape index (κ2) is 5.23. The van der Waals surface area contributed by atoms with E-state index in [1.165, 1.54) is 26.4 Å². The Hall–Kier alpha value is -1.52. The minimum absolute atomic E-state index is 0.255. The standard InChI is InChI=1S/C14H23N3O2/c1-4-10-16-11(13(18)19-3)12(15)17(10)9-14(5-2)7-6-8-14/h4-9,15H2,1-3H3. The molecular weight excluding hydrogens is 242 g/mol. The Morgan fingerprint density at radius 1 is 1.47 bits per heavy atom. The smallest absolute Gasteiger partial charge is 0.360 e. The quantitative estimate of drug-likeness (QED) is 0.830. The molecule has 1 aromatic heterocycles. The molecule has 0 radical (unpaired) electrons. The van der Waals surface area contributed by atoms with Gasteiger partial charge < -0.3 is 15.0 Å². The number of imidazole rings is 1. The molecular formula is C14H23N3O2. The van der Waals surface area contributed by atoms with E-state index in [0.717, 1.165) is 25.2 Å². The van der Waals surface area contributed by atoms with Crippen LogP contribution in [-0.2, 0) is 17.7 Å². The fourth-order valence-corrected chi connectivity index (χ4v) is 2.84. The van der Waals surface area contributed by atoms with E-state index < -0.39 is 5.97 Å². The Labute approximate surface area is 114 Å². The molecule has 1 fully saturated rings. The normalized spacial score (nSPS) is 17.0. The first-order valence-corrected chi connectivity index (χ1v) is 7.00. The fourth-order valence-electron chi connectivity index (χ4n) is 2.84. The molecule has 1 heterocycles. The highest BCUT2D eigenvalue weighted by molar-refractivity contribution is 5.92. The highest BCUT2D eigenvalue weighted by Crippen LogP contribution is 2.45. The van der Waals surface area contributed by atoms with Crippen LogP contribution in [-0.4, -0.2) is 22.6 Å². The summed E-state index contributed by atoms with van der Waals surface area (Å²) in [5.41, 5.74) is 6.69. The number of rotatable bonds is 5. The molecule has 0 unspecified atom stereocenters. The lowest BCUT2D eigenvalue weighted by atomic mass is 9.67. The van der Waals surface area contributed by atoms with Crippen LogP contribution in [0.15, 0.2) is 0 Å². The number of hydrogen-bond donors (Lipinski definition) is 1. The second-order valence-corrected chi connectivity index (χ2v) is 5.40. The topological polar surface area (TPSA) is 70.1 Å². The number of aryl methyl sites for hydroxylation is 1. The molecule has 0 spiro atoms. The zero-order valence-corrected chi connectivity index (χ0v) is 12.0. The van der Waals surface area contributed by atoms with Crippen LogP contribution in [0.4, 0.5) is 5.82 Å². The van der Waals surface area contributed by atoms with Crippen LogP contribution in [0.3, 0.4) is 0 Å². The van der Waals surface area contributed by atoms with Gasteiger partial charge in [-0.25, -0.2) is 9.78 Å². The maximum absolute atomic E-state index is 11.7. The lowest BCUT2D eigenvalue weighted by Crippen LogP contribution is -2.34. The largest absolute Gasteiger partial charge is 0.464 e. The van der Waals surface area contributed by atoms with Crippen LogP contribution < -0.4 is 5.73 Å². The van der Waals surface area contributed by atoms with Crippen molar-refractivity contribution in [3.63, 3.8) is 0 Å². The number of aromatic nitrogens is 2. The van der Waals surface area contributed by atoms with E-state index in [2.05, 4.69) is 11.9 Å². The van der Waals surface area contributed by atoms with E-state index in [4.69, 9.17) is 10.5 Å². The van der Waals surface area contributed by atoms with Crippen LogP contribution in [0.25, 0.3) is 0 Å². The maximum Gasteiger partial charge on any atom is 0.360 e. The Balaban J connectivity index is 2.33. The van der Waals surface area contributed by atoms with E-state index in [0.29, 0.717) is 11.2 Å². The Kier molecular flexibility index (Phi) is 3.83. The van der Waals surface area contributed by atoms with Crippen molar-refractivity contribution in [3.8, 4) is 0 Å². The van der Waals surface area contributed by atoms with Gasteiger partial charge in [-0.1, -0.05) is 20.3 Å². The monoisotopic (exact) mass is 265 g/mol. The number of esters is 1. The van der Waals surface area contributed by atoms with Gasteiger partial charge in [-0.05, 0) is 24.7 Å². The third-order valence-corrected chi connectivity index (χ3v) is 4.44. The van der Waals surface area contributed by atoms with E-state index in [-0.39, 0.29) is 5.69 Å². The van der Waals surface area contributed by atoms with Gasteiger partial charge in [-0.15, -0.1) is 0 Å². The molecule has 1 aliphatic carbocycles. The van der Waals surface area contributed by atoms with Crippen molar-refractivity contribution in [1.29, 1.82) is 0 Å². The van der Waals surface area contributed by atoms with Crippen LogP contribution in [0, 0.1) is 5.41 Å². The van der Waals surface area contributed by atoms with Crippen molar-refractivity contribution in [3.05, 3.63) is 11.5 Å². The van der Waals surface area contributed by atoms with Gasteiger partial charge in [0.05, 0.1) is 7.11 Å². The molecule has 5 nitrogen and oxygen atoms in total. The number of nitrogen functional groups attached to an aromatic ring is 1. The zero-order valence-electron chi connectivity index (χ0n) is 12.0. The molecule has 19 heavy (non-hydrogen) atoms. The average molecular weight is 265 g/mol. The summed E-state index contributed by atoms with van der Waals surface area (Å²) in [6.45, 7) is 5.11. The number of anilines is 1. The summed E-state index contributed by atoms with van der Waals surface area (Å²) < 4.78 is 6.74. The minimum Gasteiger partial charge on any atom is -0.464 e.